The van der Waals surface area contributed by atoms with Gasteiger partial charge in [0.05, 0.1) is 5.69 Å². The van der Waals surface area contributed by atoms with Gasteiger partial charge in [0.25, 0.3) is 0 Å². The zero-order valence-corrected chi connectivity index (χ0v) is 14.7. The lowest BCUT2D eigenvalue weighted by molar-refractivity contribution is -0.133. The van der Waals surface area contributed by atoms with Gasteiger partial charge in [-0.05, 0) is 36.8 Å². The second-order valence-corrected chi connectivity index (χ2v) is 7.15. The highest BCUT2D eigenvalue weighted by Crippen LogP contribution is 2.19. The maximum atomic E-state index is 12.6. The van der Waals surface area contributed by atoms with Crippen LogP contribution in [0.5, 0.6) is 0 Å². The van der Waals surface area contributed by atoms with E-state index >= 15 is 0 Å². The highest BCUT2D eigenvalue weighted by atomic mass is 16.2. The minimum Gasteiger partial charge on any atom is -0.339 e. The van der Waals surface area contributed by atoms with Gasteiger partial charge in [-0.25, -0.2) is 0 Å². The van der Waals surface area contributed by atoms with Crippen LogP contribution in [0, 0.1) is 0 Å². The molecule has 2 aliphatic rings. The minimum atomic E-state index is 0.194. The summed E-state index contributed by atoms with van der Waals surface area (Å²) in [5.41, 5.74) is 3.88. The van der Waals surface area contributed by atoms with Crippen molar-refractivity contribution in [3.8, 4) is 0 Å². The molecule has 0 unspecified atom stereocenters. The Hall–Kier alpha value is -2.14. The maximum absolute atomic E-state index is 12.6. The molecule has 1 aromatic heterocycles. The molecule has 1 saturated heterocycles. The molecule has 5 nitrogen and oxygen atoms in total. The fraction of sp³-hybridized carbons (Fsp3) is 0.500. The average Bonchev–Trinajstić information content (AvgIpc) is 3.05. The van der Waals surface area contributed by atoms with Crippen molar-refractivity contribution >= 4 is 5.91 Å². The Morgan fingerprint density at radius 1 is 1.00 bits per heavy atom. The number of hydrogen-bond acceptors (Lipinski definition) is 3. The van der Waals surface area contributed by atoms with Crippen molar-refractivity contribution in [1.29, 1.82) is 0 Å². The van der Waals surface area contributed by atoms with Gasteiger partial charge in [0.15, 0.2) is 0 Å². The molecule has 2 heterocycles. The van der Waals surface area contributed by atoms with E-state index in [4.69, 9.17) is 0 Å². The third kappa shape index (κ3) is 3.93. The molecule has 1 aliphatic heterocycles. The first kappa shape index (κ1) is 16.3. The summed E-state index contributed by atoms with van der Waals surface area (Å²) in [7, 11) is 0. The molecule has 1 amide bonds. The fourth-order valence-electron chi connectivity index (χ4n) is 3.85. The Labute approximate surface area is 149 Å². The summed E-state index contributed by atoms with van der Waals surface area (Å²) in [6.45, 7) is 4.85. The maximum Gasteiger partial charge on any atom is 0.244 e. The molecule has 2 aromatic rings. The highest BCUT2D eigenvalue weighted by Gasteiger charge is 2.22. The van der Waals surface area contributed by atoms with Gasteiger partial charge >= 0.3 is 0 Å². The van der Waals surface area contributed by atoms with Crippen LogP contribution in [0.25, 0.3) is 0 Å². The SMILES string of the molecule is O=C(Cn1cc2c(n1)CCCC2)N1CCN(Cc2ccccc2)CC1. The summed E-state index contributed by atoms with van der Waals surface area (Å²) in [4.78, 5) is 17.0. The number of benzene rings is 1. The van der Waals surface area contributed by atoms with Gasteiger partial charge in [-0.3, -0.25) is 14.4 Å². The Balaban J connectivity index is 1.28. The van der Waals surface area contributed by atoms with Gasteiger partial charge in [0, 0.05) is 38.9 Å². The van der Waals surface area contributed by atoms with Crippen molar-refractivity contribution in [2.75, 3.05) is 26.2 Å². The van der Waals surface area contributed by atoms with Crippen LogP contribution in [0.1, 0.15) is 29.7 Å². The normalized spacial score (nSPS) is 18.2. The summed E-state index contributed by atoms with van der Waals surface area (Å²) in [5, 5.41) is 4.62. The van der Waals surface area contributed by atoms with E-state index < -0.39 is 0 Å². The summed E-state index contributed by atoms with van der Waals surface area (Å²) < 4.78 is 1.86. The molecule has 1 aromatic carbocycles. The molecule has 0 N–H and O–H groups in total. The number of aryl methyl sites for hydroxylation is 2. The quantitative estimate of drug-likeness (QED) is 0.857. The standard InChI is InChI=1S/C20H26N4O/c25-20(16-24-15-18-8-4-5-9-19(18)21-24)23-12-10-22(11-13-23)14-17-6-2-1-3-7-17/h1-3,6-7,15H,4-5,8-14,16H2. The third-order valence-electron chi connectivity index (χ3n) is 5.31. The van der Waals surface area contributed by atoms with Crippen LogP contribution in [0.2, 0.25) is 0 Å². The lowest BCUT2D eigenvalue weighted by Gasteiger charge is -2.34. The second kappa shape index (κ2) is 7.40. The molecule has 1 fully saturated rings. The monoisotopic (exact) mass is 338 g/mol. The lowest BCUT2D eigenvalue weighted by Crippen LogP contribution is -2.49. The predicted molar refractivity (Wildman–Crippen MR) is 97.2 cm³/mol. The molecular formula is C20H26N4O. The van der Waals surface area contributed by atoms with E-state index in [1.54, 1.807) is 0 Å². The Morgan fingerprint density at radius 3 is 2.52 bits per heavy atom. The smallest absolute Gasteiger partial charge is 0.244 e. The van der Waals surface area contributed by atoms with Crippen molar-refractivity contribution in [3.05, 3.63) is 53.3 Å². The van der Waals surface area contributed by atoms with E-state index in [-0.39, 0.29) is 5.91 Å². The van der Waals surface area contributed by atoms with E-state index in [0.717, 1.165) is 45.6 Å². The number of piperazine rings is 1. The lowest BCUT2D eigenvalue weighted by atomic mass is 9.99. The minimum absolute atomic E-state index is 0.194. The molecule has 4 rings (SSSR count). The number of rotatable bonds is 4. The molecule has 132 valence electrons. The number of hydrogen-bond donors (Lipinski definition) is 0. The van der Waals surface area contributed by atoms with Gasteiger partial charge in [-0.1, -0.05) is 30.3 Å². The highest BCUT2D eigenvalue weighted by molar-refractivity contribution is 5.76. The summed E-state index contributed by atoms with van der Waals surface area (Å²) in [6.07, 6.45) is 6.73. The molecule has 5 heteroatoms. The molecule has 0 bridgehead atoms. The molecule has 0 atom stereocenters. The zero-order valence-electron chi connectivity index (χ0n) is 14.7. The van der Waals surface area contributed by atoms with Crippen molar-refractivity contribution in [1.82, 2.24) is 19.6 Å². The van der Waals surface area contributed by atoms with Crippen molar-refractivity contribution in [2.45, 2.75) is 38.8 Å². The van der Waals surface area contributed by atoms with E-state index in [2.05, 4.69) is 40.5 Å². The van der Waals surface area contributed by atoms with E-state index in [0.29, 0.717) is 6.54 Å². The number of aromatic nitrogens is 2. The molecular weight excluding hydrogens is 312 g/mol. The number of carbonyl (C=O) groups is 1. The Bertz CT molecular complexity index is 693. The summed E-state index contributed by atoms with van der Waals surface area (Å²) >= 11 is 0. The summed E-state index contributed by atoms with van der Waals surface area (Å²) in [5.74, 6) is 0.194. The van der Waals surface area contributed by atoms with E-state index in [1.807, 2.05) is 15.6 Å². The van der Waals surface area contributed by atoms with Crippen LogP contribution < -0.4 is 0 Å². The van der Waals surface area contributed by atoms with Crippen LogP contribution in [0.4, 0.5) is 0 Å². The third-order valence-corrected chi connectivity index (χ3v) is 5.31. The molecule has 0 radical (unpaired) electrons. The molecule has 0 saturated carbocycles. The second-order valence-electron chi connectivity index (χ2n) is 7.15. The van der Waals surface area contributed by atoms with Crippen molar-refractivity contribution in [2.24, 2.45) is 0 Å². The van der Waals surface area contributed by atoms with Crippen molar-refractivity contribution in [3.63, 3.8) is 0 Å². The predicted octanol–water partition coefficient (Wildman–Crippen LogP) is 2.11. The topological polar surface area (TPSA) is 41.4 Å². The van der Waals surface area contributed by atoms with E-state index in [1.165, 1.54) is 29.7 Å². The Kier molecular flexibility index (Phi) is 4.83. The van der Waals surface area contributed by atoms with Crippen LogP contribution in [0.3, 0.4) is 0 Å². The molecule has 1 aliphatic carbocycles. The summed E-state index contributed by atoms with van der Waals surface area (Å²) in [6, 6.07) is 10.5. The number of carbonyl (C=O) groups excluding carboxylic acids is 1. The van der Waals surface area contributed by atoms with Gasteiger partial charge in [-0.15, -0.1) is 0 Å². The average molecular weight is 338 g/mol. The van der Waals surface area contributed by atoms with Crippen LogP contribution in [0.15, 0.2) is 36.5 Å². The molecule has 25 heavy (non-hydrogen) atoms. The van der Waals surface area contributed by atoms with Gasteiger partial charge in [0.2, 0.25) is 5.91 Å². The number of amides is 1. The van der Waals surface area contributed by atoms with Gasteiger partial charge in [-0.2, -0.15) is 5.10 Å². The Morgan fingerprint density at radius 2 is 1.76 bits per heavy atom. The number of nitrogens with zero attached hydrogens (tertiary/aromatic N) is 4. The van der Waals surface area contributed by atoms with Crippen molar-refractivity contribution < 1.29 is 4.79 Å². The first-order valence-corrected chi connectivity index (χ1v) is 9.37. The van der Waals surface area contributed by atoms with Crippen LogP contribution in [-0.2, 0) is 30.7 Å². The first-order valence-electron chi connectivity index (χ1n) is 9.37. The zero-order chi connectivity index (χ0) is 17.1. The van der Waals surface area contributed by atoms with Crippen LogP contribution >= 0.6 is 0 Å². The fourth-order valence-corrected chi connectivity index (χ4v) is 3.85. The first-order chi connectivity index (χ1) is 12.3. The van der Waals surface area contributed by atoms with Gasteiger partial charge in [0.1, 0.15) is 6.54 Å². The largest absolute Gasteiger partial charge is 0.339 e. The van der Waals surface area contributed by atoms with Gasteiger partial charge < -0.3 is 4.90 Å². The van der Waals surface area contributed by atoms with E-state index in [9.17, 15) is 4.79 Å². The van der Waals surface area contributed by atoms with Crippen LogP contribution in [-0.4, -0.2) is 51.7 Å². The molecule has 0 spiro atoms. The number of fused-ring (bicyclic) bond motifs is 1.